The quantitative estimate of drug-likeness (QED) is 0.900. The fourth-order valence-electron chi connectivity index (χ4n) is 3.42. The molecule has 0 radical (unpaired) electrons. The van der Waals surface area contributed by atoms with E-state index in [1.807, 2.05) is 0 Å². The van der Waals surface area contributed by atoms with Gasteiger partial charge in [-0.15, -0.1) is 0 Å². The van der Waals surface area contributed by atoms with Crippen molar-refractivity contribution in [3.8, 4) is 0 Å². The van der Waals surface area contributed by atoms with Crippen LogP contribution in [0.25, 0.3) is 0 Å². The Bertz CT molecular complexity index is 662. The average Bonchev–Trinajstić information content (AvgIpc) is 2.96. The summed E-state index contributed by atoms with van der Waals surface area (Å²) in [6.45, 7) is 1.01. The predicted octanol–water partition coefficient (Wildman–Crippen LogP) is 1.52. The van der Waals surface area contributed by atoms with Crippen LogP contribution < -0.4 is 0 Å². The third-order valence-electron chi connectivity index (χ3n) is 4.55. The summed E-state index contributed by atoms with van der Waals surface area (Å²) in [5.74, 6) is -2.18. The van der Waals surface area contributed by atoms with Gasteiger partial charge in [-0.25, -0.2) is 17.2 Å². The maximum atomic E-state index is 13.4. The van der Waals surface area contributed by atoms with E-state index >= 15 is 0 Å². The van der Waals surface area contributed by atoms with Crippen molar-refractivity contribution >= 4 is 10.0 Å². The zero-order valence-corrected chi connectivity index (χ0v) is 13.3. The van der Waals surface area contributed by atoms with E-state index in [1.54, 1.807) is 0 Å². The molecule has 0 bridgehead atoms. The molecule has 2 heterocycles. The number of ether oxygens (including phenoxy) is 1. The van der Waals surface area contributed by atoms with E-state index in [0.29, 0.717) is 31.9 Å². The van der Waals surface area contributed by atoms with Gasteiger partial charge in [0.25, 0.3) is 0 Å². The minimum atomic E-state index is -4.02. The lowest BCUT2D eigenvalue weighted by molar-refractivity contribution is -0.0543. The van der Waals surface area contributed by atoms with Gasteiger partial charge in [-0.2, -0.15) is 4.31 Å². The van der Waals surface area contributed by atoms with Gasteiger partial charge in [-0.05, 0) is 31.4 Å². The fraction of sp³-hybridized carbons (Fsp3) is 0.600. The van der Waals surface area contributed by atoms with E-state index in [9.17, 15) is 22.3 Å². The van der Waals surface area contributed by atoms with Crippen LogP contribution in [0.5, 0.6) is 0 Å². The topological polar surface area (TPSA) is 66.8 Å². The van der Waals surface area contributed by atoms with Crippen molar-refractivity contribution in [2.75, 3.05) is 19.8 Å². The highest BCUT2D eigenvalue weighted by atomic mass is 32.2. The third kappa shape index (κ3) is 3.26. The Morgan fingerprint density at radius 3 is 2.52 bits per heavy atom. The van der Waals surface area contributed by atoms with E-state index in [-0.39, 0.29) is 19.1 Å². The van der Waals surface area contributed by atoms with Crippen LogP contribution in [-0.4, -0.2) is 49.7 Å². The van der Waals surface area contributed by atoms with Crippen molar-refractivity contribution in [1.82, 2.24) is 4.31 Å². The Labute approximate surface area is 133 Å². The van der Waals surface area contributed by atoms with Crippen LogP contribution in [0.4, 0.5) is 8.78 Å². The second kappa shape index (κ2) is 6.43. The molecule has 2 fully saturated rings. The maximum Gasteiger partial charge on any atom is 0.243 e. The molecule has 3 rings (SSSR count). The Balaban J connectivity index is 1.91. The van der Waals surface area contributed by atoms with E-state index in [4.69, 9.17) is 4.74 Å². The molecule has 0 spiro atoms. The Kier molecular flexibility index (Phi) is 4.68. The van der Waals surface area contributed by atoms with Crippen molar-refractivity contribution in [3.63, 3.8) is 0 Å². The summed E-state index contributed by atoms with van der Waals surface area (Å²) in [5, 5.41) is 10.2. The largest absolute Gasteiger partial charge is 0.393 e. The van der Waals surface area contributed by atoms with Crippen LogP contribution >= 0.6 is 0 Å². The summed E-state index contributed by atoms with van der Waals surface area (Å²) in [6, 6.07) is 1.86. The summed E-state index contributed by atoms with van der Waals surface area (Å²) < 4.78 is 58.9. The highest BCUT2D eigenvalue weighted by Crippen LogP contribution is 2.34. The zero-order valence-electron chi connectivity index (χ0n) is 12.5. The number of rotatable bonds is 3. The van der Waals surface area contributed by atoms with Gasteiger partial charge in [0.2, 0.25) is 10.0 Å². The molecule has 0 unspecified atom stereocenters. The summed E-state index contributed by atoms with van der Waals surface area (Å²) >= 11 is 0. The lowest BCUT2D eigenvalue weighted by Crippen LogP contribution is -2.48. The van der Waals surface area contributed by atoms with E-state index in [1.165, 1.54) is 4.31 Å². The van der Waals surface area contributed by atoms with Gasteiger partial charge in [0.15, 0.2) is 0 Å². The second-order valence-corrected chi connectivity index (χ2v) is 7.92. The molecule has 0 aromatic heterocycles. The first kappa shape index (κ1) is 16.8. The second-order valence-electron chi connectivity index (χ2n) is 6.03. The number of sulfonamides is 1. The highest BCUT2D eigenvalue weighted by Gasteiger charge is 2.43. The van der Waals surface area contributed by atoms with Gasteiger partial charge >= 0.3 is 0 Å². The number of benzene rings is 1. The molecule has 128 valence electrons. The fourth-order valence-corrected chi connectivity index (χ4v) is 5.20. The molecule has 3 atom stereocenters. The Morgan fingerprint density at radius 2 is 1.87 bits per heavy atom. The number of hydrogen-bond donors (Lipinski definition) is 1. The van der Waals surface area contributed by atoms with Crippen LogP contribution in [0.2, 0.25) is 0 Å². The molecule has 1 aromatic carbocycles. The lowest BCUT2D eigenvalue weighted by Gasteiger charge is -2.36. The van der Waals surface area contributed by atoms with Crippen LogP contribution in [0.15, 0.2) is 23.1 Å². The van der Waals surface area contributed by atoms with Crippen molar-refractivity contribution in [1.29, 1.82) is 0 Å². The Hall–Kier alpha value is -1.09. The van der Waals surface area contributed by atoms with Gasteiger partial charge in [-0.1, -0.05) is 0 Å². The molecule has 0 aliphatic carbocycles. The number of nitrogens with zero attached hydrogens (tertiary/aromatic N) is 1. The van der Waals surface area contributed by atoms with Crippen molar-refractivity contribution in [3.05, 3.63) is 29.8 Å². The van der Waals surface area contributed by atoms with Crippen molar-refractivity contribution in [2.45, 2.75) is 36.3 Å². The molecule has 1 N–H and O–H groups in total. The number of halogens is 2. The zero-order chi connectivity index (χ0) is 16.6. The van der Waals surface area contributed by atoms with Gasteiger partial charge in [-0.3, -0.25) is 0 Å². The predicted molar refractivity (Wildman–Crippen MR) is 78.2 cm³/mol. The maximum absolute atomic E-state index is 13.4. The molecule has 5 nitrogen and oxygen atoms in total. The standard InChI is InChI=1S/C15H19F2NO4S/c16-10-6-11(17)8-12(7-10)23(20,21)18-4-1-2-14(18)13-9-22-5-3-15(13)19/h6-8,13-15,19H,1-5,9H2/t13-,14+,15-/m0/s1. The lowest BCUT2D eigenvalue weighted by atomic mass is 9.90. The van der Waals surface area contributed by atoms with Crippen molar-refractivity contribution < 1.29 is 27.0 Å². The normalized spacial score (nSPS) is 29.8. The SMILES string of the molecule is O=S(=O)(c1cc(F)cc(F)c1)N1CCC[C@@H]1[C@@H]1COCC[C@@H]1O. The van der Waals surface area contributed by atoms with E-state index in [2.05, 4.69) is 0 Å². The molecular formula is C15H19F2NO4S. The van der Waals surface area contributed by atoms with Crippen LogP contribution in [0.1, 0.15) is 19.3 Å². The molecule has 0 amide bonds. The third-order valence-corrected chi connectivity index (χ3v) is 6.45. The molecule has 2 aliphatic heterocycles. The van der Waals surface area contributed by atoms with E-state index < -0.39 is 38.7 Å². The molecule has 23 heavy (non-hydrogen) atoms. The molecule has 8 heteroatoms. The minimum absolute atomic E-state index is 0.272. The highest BCUT2D eigenvalue weighted by molar-refractivity contribution is 7.89. The molecule has 2 saturated heterocycles. The molecular weight excluding hydrogens is 328 g/mol. The minimum Gasteiger partial charge on any atom is -0.393 e. The van der Waals surface area contributed by atoms with Gasteiger partial charge < -0.3 is 9.84 Å². The number of aliphatic hydroxyl groups is 1. The summed E-state index contributed by atoms with van der Waals surface area (Å²) in [5.41, 5.74) is 0. The number of aliphatic hydroxyl groups excluding tert-OH is 1. The summed E-state index contributed by atoms with van der Waals surface area (Å²) in [4.78, 5) is -0.395. The van der Waals surface area contributed by atoms with Gasteiger partial charge in [0.05, 0.1) is 17.6 Å². The van der Waals surface area contributed by atoms with Gasteiger partial charge in [0.1, 0.15) is 11.6 Å². The van der Waals surface area contributed by atoms with Crippen LogP contribution in [-0.2, 0) is 14.8 Å². The smallest absolute Gasteiger partial charge is 0.243 e. The first-order chi connectivity index (χ1) is 10.9. The van der Waals surface area contributed by atoms with Crippen LogP contribution in [0.3, 0.4) is 0 Å². The molecule has 2 aliphatic rings. The van der Waals surface area contributed by atoms with Crippen molar-refractivity contribution in [2.24, 2.45) is 5.92 Å². The van der Waals surface area contributed by atoms with E-state index in [0.717, 1.165) is 12.1 Å². The number of hydrogen-bond acceptors (Lipinski definition) is 4. The molecule has 1 aromatic rings. The monoisotopic (exact) mass is 347 g/mol. The van der Waals surface area contributed by atoms with Gasteiger partial charge in [0, 0.05) is 31.2 Å². The summed E-state index contributed by atoms with van der Waals surface area (Å²) in [6.07, 6.45) is 1.07. The molecule has 0 saturated carbocycles. The average molecular weight is 347 g/mol. The first-order valence-corrected chi connectivity index (χ1v) is 9.07. The Morgan fingerprint density at radius 1 is 1.17 bits per heavy atom. The first-order valence-electron chi connectivity index (χ1n) is 7.63. The van der Waals surface area contributed by atoms with Crippen LogP contribution in [0, 0.1) is 17.6 Å². The summed E-state index contributed by atoms with van der Waals surface area (Å²) in [7, 11) is -4.02.